The summed E-state index contributed by atoms with van der Waals surface area (Å²) in [7, 11) is 0. The fraction of sp³-hybridized carbons (Fsp3) is 0.571. The number of rotatable bonds is 4. The van der Waals surface area contributed by atoms with Gasteiger partial charge in [-0.2, -0.15) is 0 Å². The third-order valence-electron chi connectivity index (χ3n) is 3.69. The Morgan fingerprint density at radius 3 is 2.84 bits per heavy atom. The maximum absolute atomic E-state index is 11.5. The largest absolute Gasteiger partial charge is 0.368 e. The number of primary amides is 1. The van der Waals surface area contributed by atoms with E-state index < -0.39 is 0 Å². The Hall–Kier alpha value is -1.62. The number of nitrogens with one attached hydrogen (secondary N) is 2. The first-order chi connectivity index (χ1) is 8.99. The van der Waals surface area contributed by atoms with Gasteiger partial charge in [-0.25, -0.2) is 0 Å². The van der Waals surface area contributed by atoms with Crippen molar-refractivity contribution in [3.8, 4) is 0 Å². The van der Waals surface area contributed by atoms with E-state index in [1.807, 2.05) is 19.9 Å². The predicted molar refractivity (Wildman–Crippen MR) is 73.7 cm³/mol. The van der Waals surface area contributed by atoms with Crippen molar-refractivity contribution in [1.82, 2.24) is 10.3 Å². The quantitative estimate of drug-likeness (QED) is 0.752. The molecule has 0 spiro atoms. The van der Waals surface area contributed by atoms with Gasteiger partial charge in [0, 0.05) is 17.8 Å². The van der Waals surface area contributed by atoms with Crippen LogP contribution in [0.25, 0.3) is 0 Å². The van der Waals surface area contributed by atoms with E-state index in [9.17, 15) is 9.59 Å². The van der Waals surface area contributed by atoms with Crippen LogP contribution in [-0.4, -0.2) is 16.9 Å². The molecule has 0 aromatic carbocycles. The number of carbonyl (C=O) groups excluding carboxylic acids is 1. The van der Waals surface area contributed by atoms with Crippen LogP contribution >= 0.6 is 0 Å². The number of fused-ring (bicyclic) bond motifs is 1. The highest BCUT2D eigenvalue weighted by Gasteiger charge is 2.27. The number of hydrogen-bond acceptors (Lipinski definition) is 3. The molecule has 0 saturated heterocycles. The van der Waals surface area contributed by atoms with Crippen molar-refractivity contribution in [2.75, 3.05) is 0 Å². The van der Waals surface area contributed by atoms with Crippen molar-refractivity contribution >= 4 is 5.91 Å². The molecule has 0 fully saturated rings. The summed E-state index contributed by atoms with van der Waals surface area (Å²) >= 11 is 0. The molecule has 5 heteroatoms. The van der Waals surface area contributed by atoms with E-state index in [0.717, 1.165) is 30.5 Å². The van der Waals surface area contributed by atoms with Gasteiger partial charge in [0.1, 0.15) is 0 Å². The first-order valence-electron chi connectivity index (χ1n) is 6.76. The zero-order chi connectivity index (χ0) is 14.0. The van der Waals surface area contributed by atoms with E-state index in [1.54, 1.807) is 0 Å². The van der Waals surface area contributed by atoms with Gasteiger partial charge in [-0.3, -0.25) is 14.9 Å². The van der Waals surface area contributed by atoms with Crippen LogP contribution in [0.2, 0.25) is 0 Å². The van der Waals surface area contributed by atoms with E-state index in [1.165, 1.54) is 6.07 Å². The molecular formula is C14H21N3O2. The average Bonchev–Trinajstić information content (AvgIpc) is 2.34. The molecule has 1 aromatic rings. The summed E-state index contributed by atoms with van der Waals surface area (Å²) in [5, 5.41) is 3.33. The topological polar surface area (TPSA) is 88.0 Å². The molecule has 2 rings (SSSR count). The Morgan fingerprint density at radius 2 is 2.21 bits per heavy atom. The molecule has 0 bridgehead atoms. The van der Waals surface area contributed by atoms with Crippen LogP contribution in [-0.2, 0) is 11.2 Å². The molecule has 1 amide bonds. The minimum atomic E-state index is -0.345. The molecule has 0 radical (unpaired) electrons. The van der Waals surface area contributed by atoms with Crippen LogP contribution in [0, 0.1) is 5.92 Å². The minimum absolute atomic E-state index is 0.0743. The second-order valence-corrected chi connectivity index (χ2v) is 5.49. The Balaban J connectivity index is 2.24. The third-order valence-corrected chi connectivity index (χ3v) is 3.69. The van der Waals surface area contributed by atoms with Gasteiger partial charge in [-0.15, -0.1) is 0 Å². The summed E-state index contributed by atoms with van der Waals surface area (Å²) in [6, 6.07) is 3.13. The molecule has 5 nitrogen and oxygen atoms in total. The van der Waals surface area contributed by atoms with Gasteiger partial charge in [0.25, 0.3) is 0 Å². The Bertz CT molecular complexity index is 522. The van der Waals surface area contributed by atoms with Crippen molar-refractivity contribution in [1.29, 1.82) is 0 Å². The zero-order valence-electron chi connectivity index (χ0n) is 11.4. The van der Waals surface area contributed by atoms with Crippen molar-refractivity contribution in [3.05, 3.63) is 33.7 Å². The van der Waals surface area contributed by atoms with Crippen molar-refractivity contribution < 1.29 is 4.79 Å². The van der Waals surface area contributed by atoms with Gasteiger partial charge < -0.3 is 10.7 Å². The number of hydrogen-bond donors (Lipinski definition) is 3. The molecule has 1 aliphatic rings. The summed E-state index contributed by atoms with van der Waals surface area (Å²) in [6.07, 6.45) is 2.83. The van der Waals surface area contributed by atoms with Crippen molar-refractivity contribution in [2.45, 2.75) is 45.2 Å². The van der Waals surface area contributed by atoms with Crippen LogP contribution in [0.5, 0.6) is 0 Å². The number of aryl methyl sites for hydroxylation is 1. The first kappa shape index (κ1) is 13.8. The first-order valence-corrected chi connectivity index (χ1v) is 6.76. The number of pyridine rings is 1. The molecule has 104 valence electrons. The number of H-pyrrole nitrogens is 1. The Labute approximate surface area is 112 Å². The minimum Gasteiger partial charge on any atom is -0.368 e. The fourth-order valence-corrected chi connectivity index (χ4v) is 2.69. The lowest BCUT2D eigenvalue weighted by Gasteiger charge is -2.30. The number of aromatic nitrogens is 1. The normalized spacial score (nSPS) is 20.1. The highest BCUT2D eigenvalue weighted by Crippen LogP contribution is 2.28. The fourth-order valence-electron chi connectivity index (χ4n) is 2.69. The smallest absolute Gasteiger partial charge is 0.248 e. The molecule has 0 saturated carbocycles. The van der Waals surface area contributed by atoms with Crippen LogP contribution in [0.3, 0.4) is 0 Å². The van der Waals surface area contributed by atoms with Gasteiger partial charge in [-0.1, -0.05) is 19.9 Å². The molecule has 4 N–H and O–H groups in total. The number of carbonyl (C=O) groups is 1. The number of aromatic amines is 1. The lowest BCUT2D eigenvalue weighted by Crippen LogP contribution is -2.47. The average molecular weight is 263 g/mol. The molecule has 2 unspecified atom stereocenters. The summed E-state index contributed by atoms with van der Waals surface area (Å²) in [6.45, 7) is 3.94. The van der Waals surface area contributed by atoms with E-state index in [4.69, 9.17) is 5.73 Å². The van der Waals surface area contributed by atoms with Gasteiger partial charge in [-0.05, 0) is 30.7 Å². The van der Waals surface area contributed by atoms with E-state index in [0.29, 0.717) is 0 Å². The SMILES string of the molecule is CC(C)C(NC1CCCc2[nH]c(=O)ccc21)C(N)=O. The molecule has 1 aromatic heterocycles. The standard InChI is InChI=1S/C14H21N3O2/c1-8(2)13(14(15)19)17-11-5-3-4-10-9(11)6-7-12(18)16-10/h6-8,11,13,17H,3-5H2,1-2H3,(H2,15,19)(H,16,18). The summed E-state index contributed by atoms with van der Waals surface area (Å²) in [5.74, 6) is -0.183. The number of amides is 1. The third kappa shape index (κ3) is 3.04. The highest BCUT2D eigenvalue weighted by molar-refractivity contribution is 5.80. The maximum Gasteiger partial charge on any atom is 0.248 e. The molecule has 0 aliphatic heterocycles. The van der Waals surface area contributed by atoms with Crippen LogP contribution < -0.4 is 16.6 Å². The van der Waals surface area contributed by atoms with Crippen molar-refractivity contribution in [2.24, 2.45) is 11.7 Å². The van der Waals surface area contributed by atoms with Crippen LogP contribution in [0.4, 0.5) is 0 Å². The molecule has 2 atom stereocenters. The van der Waals surface area contributed by atoms with Gasteiger partial charge >= 0.3 is 0 Å². The van der Waals surface area contributed by atoms with E-state index >= 15 is 0 Å². The highest BCUT2D eigenvalue weighted by atomic mass is 16.1. The molecule has 19 heavy (non-hydrogen) atoms. The van der Waals surface area contributed by atoms with Crippen LogP contribution in [0.1, 0.15) is 44.0 Å². The van der Waals surface area contributed by atoms with Crippen molar-refractivity contribution in [3.63, 3.8) is 0 Å². The second-order valence-electron chi connectivity index (χ2n) is 5.49. The Kier molecular flexibility index (Phi) is 4.04. The number of nitrogens with two attached hydrogens (primary N) is 1. The molecular weight excluding hydrogens is 242 g/mol. The summed E-state index contributed by atoms with van der Waals surface area (Å²) in [4.78, 5) is 25.7. The zero-order valence-corrected chi connectivity index (χ0v) is 11.4. The van der Waals surface area contributed by atoms with Gasteiger partial charge in [0.05, 0.1) is 6.04 Å². The molecule has 1 heterocycles. The predicted octanol–water partition coefficient (Wildman–Crippen LogP) is 0.852. The van der Waals surface area contributed by atoms with E-state index in [-0.39, 0.29) is 29.5 Å². The second kappa shape index (κ2) is 5.57. The lowest BCUT2D eigenvalue weighted by molar-refractivity contribution is -0.121. The van der Waals surface area contributed by atoms with Crippen LogP contribution in [0.15, 0.2) is 16.9 Å². The summed E-state index contributed by atoms with van der Waals surface area (Å²) < 4.78 is 0. The Morgan fingerprint density at radius 1 is 1.47 bits per heavy atom. The maximum atomic E-state index is 11.5. The van der Waals surface area contributed by atoms with E-state index in [2.05, 4.69) is 10.3 Å². The monoisotopic (exact) mass is 263 g/mol. The van der Waals surface area contributed by atoms with Gasteiger partial charge in [0.2, 0.25) is 11.5 Å². The van der Waals surface area contributed by atoms with Gasteiger partial charge in [0.15, 0.2) is 0 Å². The molecule has 1 aliphatic carbocycles. The summed E-state index contributed by atoms with van der Waals surface area (Å²) in [5.41, 5.74) is 7.42. The lowest BCUT2D eigenvalue weighted by atomic mass is 9.89.